The molecule has 0 spiro atoms. The number of hydrogen-bond donors (Lipinski definition) is 0. The number of nitrogens with zero attached hydrogens (tertiary/aromatic N) is 1. The van der Waals surface area contributed by atoms with Crippen molar-refractivity contribution >= 4 is 28.1 Å². The lowest BCUT2D eigenvalue weighted by atomic mass is 10.4. The number of halogens is 2. The van der Waals surface area contributed by atoms with E-state index in [0.29, 0.717) is 9.39 Å². The molecule has 0 radical (unpaired) electrons. The van der Waals surface area contributed by atoms with Crippen LogP contribution < -0.4 is 0 Å². The molecular weight excluding hydrogens is 260 g/mol. The second kappa shape index (κ2) is 3.53. The van der Waals surface area contributed by atoms with E-state index in [1.807, 2.05) is 6.92 Å². The fourth-order valence-corrected chi connectivity index (χ4v) is 2.78. The molecular formula is C7H9FINO. The number of ether oxygens (including phenoxy) is 1. The van der Waals surface area contributed by atoms with Crippen LogP contribution in [-0.4, -0.2) is 14.5 Å². The van der Waals surface area contributed by atoms with Crippen molar-refractivity contribution in [3.8, 4) is 0 Å². The molecule has 0 unspecified atom stereocenters. The van der Waals surface area contributed by atoms with E-state index in [0.717, 1.165) is 3.72 Å². The Bertz CT molecular complexity index is 268. The van der Waals surface area contributed by atoms with Crippen LogP contribution in [0.25, 0.3) is 0 Å². The van der Waals surface area contributed by atoms with Gasteiger partial charge < -0.3 is 4.74 Å². The Balaban J connectivity index is 3.08. The summed E-state index contributed by atoms with van der Waals surface area (Å²) in [5.41, 5.74) is 0.435. The summed E-state index contributed by atoms with van der Waals surface area (Å²) in [6, 6.07) is 0. The van der Waals surface area contributed by atoms with E-state index in [1.54, 1.807) is 6.92 Å². The van der Waals surface area contributed by atoms with Gasteiger partial charge >= 0.3 is 0 Å². The van der Waals surface area contributed by atoms with Crippen LogP contribution in [0.5, 0.6) is 0 Å². The molecule has 62 valence electrons. The van der Waals surface area contributed by atoms with Gasteiger partial charge in [0, 0.05) is 7.11 Å². The van der Waals surface area contributed by atoms with Crippen LogP contribution >= 0.6 is 20.7 Å². The Labute approximate surface area is 74.9 Å². The Kier molecular flexibility index (Phi) is 2.89. The lowest BCUT2D eigenvalue weighted by Crippen LogP contribution is -2.05. The number of methoxy groups -OCH3 is 1. The predicted molar refractivity (Wildman–Crippen MR) is 53.0 cm³/mol. The molecule has 1 rings (SSSR count). The summed E-state index contributed by atoms with van der Waals surface area (Å²) in [5, 5.41) is 0. The summed E-state index contributed by atoms with van der Waals surface area (Å²) in [7, 11) is 1.50. The fraction of sp³-hybridized carbons (Fsp3) is 0.429. The van der Waals surface area contributed by atoms with Crippen molar-refractivity contribution in [2.24, 2.45) is 4.99 Å². The molecule has 0 aromatic rings. The summed E-state index contributed by atoms with van der Waals surface area (Å²) in [5.74, 6) is -0.272. The van der Waals surface area contributed by atoms with Crippen LogP contribution in [0.2, 0.25) is 0 Å². The molecule has 0 aromatic carbocycles. The molecule has 0 atom stereocenters. The summed E-state index contributed by atoms with van der Waals surface area (Å²) in [6.07, 6.45) is 0. The average Bonchev–Trinajstić information content (AvgIpc) is 1.96. The topological polar surface area (TPSA) is 21.6 Å². The van der Waals surface area contributed by atoms with Gasteiger partial charge in [0.25, 0.3) is 0 Å². The van der Waals surface area contributed by atoms with Crippen LogP contribution in [0, 0.1) is 0 Å². The van der Waals surface area contributed by atoms with Gasteiger partial charge in [-0.1, -0.05) is 0 Å². The van der Waals surface area contributed by atoms with Crippen LogP contribution in [0.15, 0.2) is 16.5 Å². The van der Waals surface area contributed by atoms with E-state index in [9.17, 15) is 4.39 Å². The minimum Gasteiger partial charge on any atom is -0.341 e. The molecule has 4 heteroatoms. The fourth-order valence-electron chi connectivity index (χ4n) is 0.737. The summed E-state index contributed by atoms with van der Waals surface area (Å²) >= 11 is -0.470. The average molecular weight is 269 g/mol. The van der Waals surface area contributed by atoms with Crippen LogP contribution in [-0.2, 0) is 4.74 Å². The van der Waals surface area contributed by atoms with Crippen molar-refractivity contribution in [1.29, 1.82) is 0 Å². The smallest absolute Gasteiger partial charge is 0.180 e. The molecule has 0 amide bonds. The van der Waals surface area contributed by atoms with E-state index >= 15 is 0 Å². The Morgan fingerprint density at radius 3 is 2.64 bits per heavy atom. The molecule has 0 saturated carbocycles. The van der Waals surface area contributed by atoms with Crippen molar-refractivity contribution in [3.05, 3.63) is 11.5 Å². The Morgan fingerprint density at radius 1 is 1.45 bits per heavy atom. The molecule has 0 fully saturated rings. The maximum Gasteiger partial charge on any atom is 0.180 e. The van der Waals surface area contributed by atoms with Crippen molar-refractivity contribution < 1.29 is 9.13 Å². The molecule has 2 nitrogen and oxygen atoms in total. The molecule has 11 heavy (non-hydrogen) atoms. The highest BCUT2D eigenvalue weighted by Gasteiger charge is 2.13. The lowest BCUT2D eigenvalue weighted by molar-refractivity contribution is 0.402. The highest BCUT2D eigenvalue weighted by molar-refractivity contribution is 14.2. The van der Waals surface area contributed by atoms with E-state index < -0.39 is 20.7 Å². The summed E-state index contributed by atoms with van der Waals surface area (Å²) in [6.45, 7) is 3.56. The molecule has 1 aliphatic rings. The summed E-state index contributed by atoms with van der Waals surface area (Å²) in [4.78, 5) is 4.03. The minimum absolute atomic E-state index is 0.272. The Hall–Kier alpha value is -0.100. The second-order valence-corrected chi connectivity index (χ2v) is 5.16. The summed E-state index contributed by atoms with van der Waals surface area (Å²) < 4.78 is 19.4. The van der Waals surface area contributed by atoms with E-state index in [1.165, 1.54) is 7.11 Å². The number of allylic oxidation sites excluding steroid dienone is 1. The lowest BCUT2D eigenvalue weighted by Gasteiger charge is -2.07. The van der Waals surface area contributed by atoms with Gasteiger partial charge in [0.15, 0.2) is 5.83 Å². The second-order valence-electron chi connectivity index (χ2n) is 2.08. The first-order valence-corrected chi connectivity index (χ1v) is 5.28. The maximum absolute atomic E-state index is 13.1. The number of hydrogen-bond acceptors (Lipinski definition) is 2. The molecule has 1 heterocycles. The van der Waals surface area contributed by atoms with Gasteiger partial charge in [-0.25, -0.2) is 9.38 Å². The molecule has 0 bridgehead atoms. The van der Waals surface area contributed by atoms with Crippen LogP contribution in [0.3, 0.4) is 0 Å². The molecule has 0 aliphatic carbocycles. The maximum atomic E-state index is 13.1. The van der Waals surface area contributed by atoms with Gasteiger partial charge in [-0.2, -0.15) is 0 Å². The zero-order chi connectivity index (χ0) is 8.43. The van der Waals surface area contributed by atoms with Gasteiger partial charge in [0.05, 0.1) is 9.42 Å². The first-order valence-electron chi connectivity index (χ1n) is 3.13. The molecule has 0 saturated heterocycles. The van der Waals surface area contributed by atoms with Crippen LogP contribution in [0.1, 0.15) is 13.8 Å². The highest BCUT2D eigenvalue weighted by Crippen LogP contribution is 2.23. The van der Waals surface area contributed by atoms with E-state index in [4.69, 9.17) is 4.74 Å². The van der Waals surface area contributed by atoms with Gasteiger partial charge in [0.2, 0.25) is 0 Å². The van der Waals surface area contributed by atoms with Gasteiger partial charge in [-0.15, -0.1) is 0 Å². The van der Waals surface area contributed by atoms with Gasteiger partial charge in [-0.3, -0.25) is 0 Å². The number of rotatable bonds is 1. The molecule has 0 N–H and O–H groups in total. The number of aliphatic imine (C=N–C) groups is 1. The van der Waals surface area contributed by atoms with E-state index in [2.05, 4.69) is 4.99 Å². The Morgan fingerprint density at radius 2 is 2.09 bits per heavy atom. The monoisotopic (exact) mass is 269 g/mol. The van der Waals surface area contributed by atoms with Crippen molar-refractivity contribution in [3.63, 3.8) is 0 Å². The zero-order valence-corrected chi connectivity index (χ0v) is 8.77. The molecule has 0 aromatic heterocycles. The predicted octanol–water partition coefficient (Wildman–Crippen LogP) is 2.37. The third-order valence-electron chi connectivity index (χ3n) is 1.21. The molecule has 1 aliphatic heterocycles. The zero-order valence-electron chi connectivity index (χ0n) is 6.61. The SMILES string of the molecule is COC1=IC(C)=NC(C)=C1F. The van der Waals surface area contributed by atoms with Gasteiger partial charge in [0.1, 0.15) is 3.69 Å². The van der Waals surface area contributed by atoms with Gasteiger partial charge in [-0.05, 0) is 34.6 Å². The van der Waals surface area contributed by atoms with Crippen LogP contribution in [0.4, 0.5) is 4.39 Å². The highest BCUT2D eigenvalue weighted by atomic mass is 127. The van der Waals surface area contributed by atoms with E-state index in [-0.39, 0.29) is 5.83 Å². The third-order valence-corrected chi connectivity index (χ3v) is 3.64. The largest absolute Gasteiger partial charge is 0.341 e. The third kappa shape index (κ3) is 1.93. The quantitative estimate of drug-likeness (QED) is 0.670. The standard InChI is InChI=1S/C7H9FINO/c1-4-6(8)7(11-3)9-5(2)10-4/h1-3H3. The van der Waals surface area contributed by atoms with Crippen molar-refractivity contribution in [1.82, 2.24) is 0 Å². The van der Waals surface area contributed by atoms with Crippen molar-refractivity contribution in [2.45, 2.75) is 13.8 Å². The van der Waals surface area contributed by atoms with Crippen molar-refractivity contribution in [2.75, 3.05) is 7.11 Å². The normalized spacial score (nSPS) is 18.9. The first-order chi connectivity index (χ1) is 5.15. The first kappa shape index (κ1) is 8.99. The minimum atomic E-state index is -0.470.